The molecule has 0 saturated heterocycles. The summed E-state index contributed by atoms with van der Waals surface area (Å²) in [5.74, 6) is 0.762. The molecule has 0 fully saturated rings. The summed E-state index contributed by atoms with van der Waals surface area (Å²) >= 11 is 0. The fourth-order valence-electron chi connectivity index (χ4n) is 6.18. The zero-order valence-corrected chi connectivity index (χ0v) is 30.9. The summed E-state index contributed by atoms with van der Waals surface area (Å²) in [5, 5.41) is 2.12. The molecule has 0 N–H and O–H groups in total. The number of furan rings is 1. The second kappa shape index (κ2) is 14.3. The SMILES string of the molecule is CC(C)(C)c1ccc2c(n1)nc(-c1[c-]ccc3c1oc1cc(-c4ccccc4)ccc13)n2-c1ccccc1.[Ir].[c-]1ccccc1-c1ccccn1. The van der Waals surface area contributed by atoms with E-state index in [4.69, 9.17) is 14.4 Å². The smallest absolute Gasteiger partial charge is 0.168 e. The average Bonchev–Trinajstić information content (AvgIpc) is 3.74. The van der Waals surface area contributed by atoms with E-state index in [0.29, 0.717) is 5.65 Å². The fourth-order valence-corrected chi connectivity index (χ4v) is 6.18. The first-order valence-corrected chi connectivity index (χ1v) is 16.7. The van der Waals surface area contributed by atoms with Gasteiger partial charge in [0.05, 0.1) is 16.9 Å². The molecule has 251 valence electrons. The summed E-state index contributed by atoms with van der Waals surface area (Å²) in [6.45, 7) is 6.51. The summed E-state index contributed by atoms with van der Waals surface area (Å²) in [4.78, 5) is 14.3. The van der Waals surface area contributed by atoms with Crippen LogP contribution in [0.25, 0.3) is 72.6 Å². The van der Waals surface area contributed by atoms with Gasteiger partial charge < -0.3 is 14.0 Å². The molecule has 5 nitrogen and oxygen atoms in total. The van der Waals surface area contributed by atoms with E-state index in [1.165, 1.54) is 0 Å². The Hall–Kier alpha value is -5.68. The monoisotopic (exact) mass is 839 g/mol. The van der Waals surface area contributed by atoms with Crippen LogP contribution in [0.1, 0.15) is 26.5 Å². The van der Waals surface area contributed by atoms with Gasteiger partial charge in [0.1, 0.15) is 5.58 Å². The Morgan fingerprint density at radius 3 is 2.14 bits per heavy atom. The van der Waals surface area contributed by atoms with E-state index < -0.39 is 0 Å². The molecule has 0 bridgehead atoms. The maximum absolute atomic E-state index is 6.56. The van der Waals surface area contributed by atoms with Crippen molar-refractivity contribution in [3.63, 3.8) is 0 Å². The van der Waals surface area contributed by atoms with Gasteiger partial charge in [-0.15, -0.1) is 54.1 Å². The third-order valence-electron chi connectivity index (χ3n) is 8.72. The zero-order chi connectivity index (χ0) is 34.1. The quantitative estimate of drug-likeness (QED) is 0.166. The van der Waals surface area contributed by atoms with E-state index >= 15 is 0 Å². The number of aromatic nitrogens is 4. The number of imidazole rings is 1. The van der Waals surface area contributed by atoms with Gasteiger partial charge in [-0.25, -0.2) is 4.98 Å². The molecule has 4 heterocycles. The molecule has 0 saturated carbocycles. The van der Waals surface area contributed by atoms with Gasteiger partial charge in [0, 0.05) is 48.5 Å². The minimum atomic E-state index is -0.0772. The maximum Gasteiger partial charge on any atom is 0.168 e. The Morgan fingerprint density at radius 1 is 0.647 bits per heavy atom. The summed E-state index contributed by atoms with van der Waals surface area (Å²) in [6, 6.07) is 55.6. The molecule has 9 aromatic rings. The van der Waals surface area contributed by atoms with E-state index in [1.54, 1.807) is 6.20 Å². The van der Waals surface area contributed by atoms with Gasteiger partial charge >= 0.3 is 0 Å². The standard InChI is InChI=1S/C34H26N3O.C11H8N.Ir/c1-34(2,3)30-20-19-28-32(35-30)36-33(37(28)24-13-8-5-9-14-24)27-16-10-15-26-25-18-17-23(21-29(25)38-31(26)27)22-11-6-4-7-12-22;1-2-6-10(7-3-1)11-8-4-5-9-12-11;/h4-15,17-21H,1-3H3;1-6,8-9H;/q2*-1;. The van der Waals surface area contributed by atoms with Crippen molar-refractivity contribution < 1.29 is 24.5 Å². The van der Waals surface area contributed by atoms with Gasteiger partial charge in [-0.1, -0.05) is 105 Å². The Labute approximate surface area is 311 Å². The van der Waals surface area contributed by atoms with Crippen molar-refractivity contribution >= 4 is 33.1 Å². The van der Waals surface area contributed by atoms with E-state index in [-0.39, 0.29) is 25.5 Å². The number of nitrogens with zero attached hydrogens (tertiary/aromatic N) is 4. The molecule has 0 spiro atoms. The van der Waals surface area contributed by atoms with E-state index in [2.05, 4.69) is 115 Å². The van der Waals surface area contributed by atoms with Crippen molar-refractivity contribution in [2.45, 2.75) is 26.2 Å². The molecule has 6 heteroatoms. The molecule has 4 aromatic heterocycles. The van der Waals surface area contributed by atoms with Gasteiger partial charge in [0.2, 0.25) is 0 Å². The molecule has 51 heavy (non-hydrogen) atoms. The molecule has 0 aliphatic carbocycles. The third-order valence-corrected chi connectivity index (χ3v) is 8.72. The van der Waals surface area contributed by atoms with Crippen LogP contribution in [-0.2, 0) is 25.5 Å². The van der Waals surface area contributed by atoms with Gasteiger partial charge in [0.25, 0.3) is 0 Å². The summed E-state index contributed by atoms with van der Waals surface area (Å²) in [7, 11) is 0. The first-order valence-electron chi connectivity index (χ1n) is 16.7. The predicted octanol–water partition coefficient (Wildman–Crippen LogP) is 11.3. The first-order chi connectivity index (χ1) is 24.4. The number of hydrogen-bond donors (Lipinski definition) is 0. The first kappa shape index (κ1) is 33.8. The summed E-state index contributed by atoms with van der Waals surface area (Å²) in [6.07, 6.45) is 1.79. The number of hydrogen-bond acceptors (Lipinski definition) is 4. The molecule has 0 aliphatic heterocycles. The van der Waals surface area contributed by atoms with Gasteiger partial charge in [0.15, 0.2) is 5.65 Å². The van der Waals surface area contributed by atoms with Gasteiger partial charge in [-0.2, -0.15) is 0 Å². The number of pyridine rings is 2. The van der Waals surface area contributed by atoms with E-state index in [1.807, 2.05) is 72.8 Å². The second-order valence-electron chi connectivity index (χ2n) is 13.2. The topological polar surface area (TPSA) is 56.7 Å². The number of para-hydroxylation sites is 1. The number of benzene rings is 5. The van der Waals surface area contributed by atoms with Gasteiger partial charge in [-0.05, 0) is 53.2 Å². The molecular weight excluding hydrogens is 805 g/mol. The van der Waals surface area contributed by atoms with E-state index in [0.717, 1.165) is 72.6 Å². The van der Waals surface area contributed by atoms with Crippen molar-refractivity contribution in [1.29, 1.82) is 0 Å². The molecule has 0 unspecified atom stereocenters. The van der Waals surface area contributed by atoms with Crippen molar-refractivity contribution in [3.8, 4) is 39.5 Å². The van der Waals surface area contributed by atoms with Crippen LogP contribution < -0.4 is 0 Å². The van der Waals surface area contributed by atoms with Crippen LogP contribution >= 0.6 is 0 Å². The summed E-state index contributed by atoms with van der Waals surface area (Å²) in [5.41, 5.74) is 10.3. The van der Waals surface area contributed by atoms with Crippen LogP contribution in [0.2, 0.25) is 0 Å². The predicted molar refractivity (Wildman–Crippen MR) is 203 cm³/mol. The van der Waals surface area contributed by atoms with Crippen LogP contribution in [0, 0.1) is 12.1 Å². The zero-order valence-electron chi connectivity index (χ0n) is 28.5. The van der Waals surface area contributed by atoms with Crippen molar-refractivity contribution in [1.82, 2.24) is 19.5 Å². The number of fused-ring (bicyclic) bond motifs is 4. The van der Waals surface area contributed by atoms with Crippen molar-refractivity contribution in [2.75, 3.05) is 0 Å². The average molecular weight is 839 g/mol. The summed E-state index contributed by atoms with van der Waals surface area (Å²) < 4.78 is 8.72. The normalized spacial score (nSPS) is 11.3. The Morgan fingerprint density at radius 2 is 1.41 bits per heavy atom. The van der Waals surface area contributed by atoms with E-state index in [9.17, 15) is 0 Å². The number of rotatable bonds is 4. The minimum Gasteiger partial charge on any atom is -0.501 e. The van der Waals surface area contributed by atoms with Crippen molar-refractivity contribution in [3.05, 3.63) is 170 Å². The minimum absolute atomic E-state index is 0. The Balaban J connectivity index is 0.000000265. The Kier molecular flexibility index (Phi) is 9.46. The Bertz CT molecular complexity index is 2520. The van der Waals surface area contributed by atoms with Crippen LogP contribution in [-0.4, -0.2) is 19.5 Å². The van der Waals surface area contributed by atoms with Crippen LogP contribution in [0.5, 0.6) is 0 Å². The fraction of sp³-hybridized carbons (Fsp3) is 0.0889. The second-order valence-corrected chi connectivity index (χ2v) is 13.2. The molecule has 0 aliphatic rings. The molecule has 0 atom stereocenters. The van der Waals surface area contributed by atoms with Crippen molar-refractivity contribution in [2.24, 2.45) is 0 Å². The van der Waals surface area contributed by atoms with Gasteiger partial charge in [-0.3, -0.25) is 4.98 Å². The van der Waals surface area contributed by atoms with Crippen LogP contribution in [0.4, 0.5) is 0 Å². The molecule has 5 aromatic carbocycles. The van der Waals surface area contributed by atoms with Crippen LogP contribution in [0.15, 0.2) is 156 Å². The third kappa shape index (κ3) is 6.76. The molecule has 9 rings (SSSR count). The maximum atomic E-state index is 6.56. The largest absolute Gasteiger partial charge is 0.501 e. The van der Waals surface area contributed by atoms with Crippen LogP contribution in [0.3, 0.4) is 0 Å². The molecule has 0 amide bonds. The molecule has 1 radical (unpaired) electrons. The molecular formula is C45H34IrN4O-2.